The summed E-state index contributed by atoms with van der Waals surface area (Å²) in [6.07, 6.45) is 0. The van der Waals surface area contributed by atoms with Crippen LogP contribution >= 0.6 is 34.2 Å². The lowest BCUT2D eigenvalue weighted by Gasteiger charge is -2.05. The quantitative estimate of drug-likeness (QED) is 0.520. The first-order valence-corrected chi connectivity index (χ1v) is 5.47. The smallest absolute Gasteiger partial charge is 0.293 e. The minimum Gasteiger partial charge on any atom is -0.375 e. The predicted octanol–water partition coefficient (Wildman–Crippen LogP) is 3.36. The summed E-state index contributed by atoms with van der Waals surface area (Å²) >= 11 is 7.58. The van der Waals surface area contributed by atoms with E-state index >= 15 is 0 Å². The van der Waals surface area contributed by atoms with E-state index in [2.05, 4.69) is 11.9 Å². The molecular formula is C9H8ClIN2O2. The zero-order valence-corrected chi connectivity index (χ0v) is 10.6. The Hall–Kier alpha value is -0.820. The van der Waals surface area contributed by atoms with Gasteiger partial charge in [-0.25, -0.2) is 0 Å². The maximum Gasteiger partial charge on any atom is 0.293 e. The van der Waals surface area contributed by atoms with Crippen molar-refractivity contribution in [1.29, 1.82) is 0 Å². The van der Waals surface area contributed by atoms with Crippen molar-refractivity contribution in [3.63, 3.8) is 0 Å². The van der Waals surface area contributed by atoms with E-state index in [1.807, 2.05) is 22.6 Å². The van der Waals surface area contributed by atoms with E-state index in [-0.39, 0.29) is 5.69 Å². The SMILES string of the molecule is C=C(Cl)CNc1ccc(I)cc1[N+](=O)[O-]. The van der Waals surface area contributed by atoms with E-state index in [0.29, 0.717) is 17.3 Å². The molecule has 4 nitrogen and oxygen atoms in total. The third-order valence-corrected chi connectivity index (χ3v) is 2.43. The Morgan fingerprint density at radius 2 is 2.33 bits per heavy atom. The van der Waals surface area contributed by atoms with Crippen LogP contribution in [0.25, 0.3) is 0 Å². The number of nitro groups is 1. The molecule has 0 fully saturated rings. The van der Waals surface area contributed by atoms with Crippen molar-refractivity contribution in [2.24, 2.45) is 0 Å². The summed E-state index contributed by atoms with van der Waals surface area (Å²) in [4.78, 5) is 10.3. The fourth-order valence-electron chi connectivity index (χ4n) is 0.996. The summed E-state index contributed by atoms with van der Waals surface area (Å²) in [5.41, 5.74) is 0.488. The maximum atomic E-state index is 10.7. The lowest BCUT2D eigenvalue weighted by atomic mass is 10.2. The molecule has 0 aliphatic heterocycles. The second-order valence-corrected chi connectivity index (χ2v) is 4.57. The average molecular weight is 339 g/mol. The van der Waals surface area contributed by atoms with Crippen molar-refractivity contribution in [3.8, 4) is 0 Å². The molecule has 0 spiro atoms. The van der Waals surface area contributed by atoms with E-state index in [0.717, 1.165) is 3.57 Å². The molecule has 0 atom stereocenters. The van der Waals surface area contributed by atoms with E-state index < -0.39 is 4.92 Å². The molecule has 0 unspecified atom stereocenters. The first kappa shape index (κ1) is 12.3. The number of benzene rings is 1. The number of anilines is 1. The van der Waals surface area contributed by atoms with Gasteiger partial charge in [-0.1, -0.05) is 18.2 Å². The maximum absolute atomic E-state index is 10.7. The van der Waals surface area contributed by atoms with Crippen molar-refractivity contribution < 1.29 is 4.92 Å². The van der Waals surface area contributed by atoms with Crippen LogP contribution in [-0.2, 0) is 0 Å². The van der Waals surface area contributed by atoms with Crippen molar-refractivity contribution in [3.05, 3.63) is 43.5 Å². The lowest BCUT2D eigenvalue weighted by molar-refractivity contribution is -0.384. The van der Waals surface area contributed by atoms with Crippen molar-refractivity contribution in [1.82, 2.24) is 0 Å². The molecule has 0 amide bonds. The molecule has 6 heteroatoms. The van der Waals surface area contributed by atoms with Gasteiger partial charge in [-0.05, 0) is 34.7 Å². The molecule has 0 radical (unpaired) electrons. The topological polar surface area (TPSA) is 55.2 Å². The standard InChI is InChI=1S/C9H8ClIN2O2/c1-6(10)5-12-8-3-2-7(11)4-9(8)13(14)15/h2-4,12H,1,5H2. The van der Waals surface area contributed by atoms with E-state index in [4.69, 9.17) is 11.6 Å². The number of nitro benzene ring substituents is 1. The summed E-state index contributed by atoms with van der Waals surface area (Å²) < 4.78 is 0.814. The number of nitrogens with zero attached hydrogens (tertiary/aromatic N) is 1. The van der Waals surface area contributed by atoms with Crippen LogP contribution in [0, 0.1) is 13.7 Å². The van der Waals surface area contributed by atoms with Gasteiger partial charge in [-0.3, -0.25) is 10.1 Å². The summed E-state index contributed by atoms with van der Waals surface area (Å²) in [6, 6.07) is 4.94. The van der Waals surface area contributed by atoms with E-state index in [1.165, 1.54) is 6.07 Å². The number of hydrogen-bond acceptors (Lipinski definition) is 3. The highest BCUT2D eigenvalue weighted by molar-refractivity contribution is 14.1. The van der Waals surface area contributed by atoms with Crippen molar-refractivity contribution >= 4 is 45.6 Å². The van der Waals surface area contributed by atoms with Gasteiger partial charge in [0.15, 0.2) is 0 Å². The summed E-state index contributed by atoms with van der Waals surface area (Å²) in [5, 5.41) is 14.0. The zero-order valence-electron chi connectivity index (χ0n) is 7.67. The molecule has 0 aromatic heterocycles. The van der Waals surface area contributed by atoms with Crippen LogP contribution in [0.3, 0.4) is 0 Å². The molecule has 1 aromatic rings. The van der Waals surface area contributed by atoms with Gasteiger partial charge >= 0.3 is 0 Å². The van der Waals surface area contributed by atoms with Crippen LogP contribution in [-0.4, -0.2) is 11.5 Å². The van der Waals surface area contributed by atoms with Crippen LogP contribution in [0.4, 0.5) is 11.4 Å². The van der Waals surface area contributed by atoms with E-state index in [1.54, 1.807) is 12.1 Å². The summed E-state index contributed by atoms with van der Waals surface area (Å²) in [7, 11) is 0. The van der Waals surface area contributed by atoms with Crippen LogP contribution in [0.15, 0.2) is 29.8 Å². The van der Waals surface area contributed by atoms with Gasteiger partial charge in [0.1, 0.15) is 5.69 Å². The molecule has 15 heavy (non-hydrogen) atoms. The normalized spacial score (nSPS) is 9.73. The molecule has 0 saturated carbocycles. The summed E-state index contributed by atoms with van der Waals surface area (Å²) in [6.45, 7) is 3.80. The van der Waals surface area contributed by atoms with Gasteiger partial charge in [0.25, 0.3) is 5.69 Å². The molecule has 0 bridgehead atoms. The zero-order chi connectivity index (χ0) is 11.4. The van der Waals surface area contributed by atoms with Crippen LogP contribution in [0.1, 0.15) is 0 Å². The number of hydrogen-bond donors (Lipinski definition) is 1. The molecule has 1 rings (SSSR count). The second kappa shape index (κ2) is 5.32. The van der Waals surface area contributed by atoms with E-state index in [9.17, 15) is 10.1 Å². The van der Waals surface area contributed by atoms with Gasteiger partial charge < -0.3 is 5.32 Å². The lowest BCUT2D eigenvalue weighted by Crippen LogP contribution is -2.04. The minimum atomic E-state index is -0.429. The largest absolute Gasteiger partial charge is 0.375 e. The Bertz CT molecular complexity index is 409. The molecule has 0 saturated heterocycles. The Labute approximate surface area is 106 Å². The van der Waals surface area contributed by atoms with Crippen LogP contribution < -0.4 is 5.32 Å². The highest BCUT2D eigenvalue weighted by atomic mass is 127. The van der Waals surface area contributed by atoms with Gasteiger partial charge in [-0.15, -0.1) is 0 Å². The number of nitrogens with one attached hydrogen (secondary N) is 1. The fraction of sp³-hybridized carbons (Fsp3) is 0.111. The summed E-state index contributed by atoms with van der Waals surface area (Å²) in [5.74, 6) is 0. The molecule has 0 aliphatic carbocycles. The monoisotopic (exact) mass is 338 g/mol. The van der Waals surface area contributed by atoms with Crippen molar-refractivity contribution in [2.75, 3.05) is 11.9 Å². The fourth-order valence-corrected chi connectivity index (χ4v) is 1.54. The van der Waals surface area contributed by atoms with Gasteiger partial charge in [0.05, 0.1) is 11.5 Å². The van der Waals surface area contributed by atoms with Gasteiger partial charge in [0.2, 0.25) is 0 Å². The molecular weight excluding hydrogens is 330 g/mol. The Kier molecular flexibility index (Phi) is 4.34. The third-order valence-electron chi connectivity index (χ3n) is 1.63. The molecule has 80 valence electrons. The van der Waals surface area contributed by atoms with Gasteiger partial charge in [-0.2, -0.15) is 0 Å². The molecule has 0 aliphatic rings. The molecule has 1 aromatic carbocycles. The Balaban J connectivity index is 2.95. The van der Waals surface area contributed by atoms with Crippen LogP contribution in [0.5, 0.6) is 0 Å². The van der Waals surface area contributed by atoms with Crippen molar-refractivity contribution in [2.45, 2.75) is 0 Å². The average Bonchev–Trinajstić information content (AvgIpc) is 2.15. The molecule has 0 heterocycles. The Morgan fingerprint density at radius 1 is 1.67 bits per heavy atom. The third kappa shape index (κ3) is 3.67. The number of rotatable bonds is 4. The first-order valence-electron chi connectivity index (χ1n) is 4.02. The van der Waals surface area contributed by atoms with Gasteiger partial charge in [0, 0.05) is 14.7 Å². The highest BCUT2D eigenvalue weighted by Gasteiger charge is 2.13. The van der Waals surface area contributed by atoms with Crippen LogP contribution in [0.2, 0.25) is 0 Å². The predicted molar refractivity (Wildman–Crippen MR) is 69.3 cm³/mol. The first-order chi connectivity index (χ1) is 7.00. The highest BCUT2D eigenvalue weighted by Crippen LogP contribution is 2.26. The number of halogens is 2. The minimum absolute atomic E-state index is 0.0415. The molecule has 1 N–H and O–H groups in total. The second-order valence-electron chi connectivity index (χ2n) is 2.79. The Morgan fingerprint density at radius 3 is 2.87 bits per heavy atom.